The zero-order valence-electron chi connectivity index (χ0n) is 2.74. The monoisotopic (exact) mass is 194 g/mol. The number of halogens is 3. The first-order valence-corrected chi connectivity index (χ1v) is 5.66. The fourth-order valence-corrected chi connectivity index (χ4v) is 0. The molecule has 4 heteroatoms. The Hall–Kier alpha value is 1.28. The molecule has 0 aliphatic carbocycles. The second-order valence-electron chi connectivity index (χ2n) is 0.519. The summed E-state index contributed by atoms with van der Waals surface area (Å²) in [4.78, 5) is 0. The van der Waals surface area contributed by atoms with Gasteiger partial charge in [-0.15, -0.1) is 17.0 Å². The Kier molecular flexibility index (Phi) is 10.1. The average molecular weight is 196 g/mol. The largest absolute Gasteiger partial charge is 0.234 e. The van der Waals surface area contributed by atoms with Gasteiger partial charge in [-0.1, -0.05) is 0 Å². The molecular weight excluding hydrogens is 191 g/mol. The molecule has 0 aliphatic heterocycles. The standard InChI is InChI=1S/CH4Cl2Si.BrH/c1-4(2)3;/h4H,1H3;1H. The van der Waals surface area contributed by atoms with E-state index in [1.807, 2.05) is 6.55 Å². The topological polar surface area (TPSA) is 0 Å². The summed E-state index contributed by atoms with van der Waals surface area (Å²) in [7, 11) is -1.19. The van der Waals surface area contributed by atoms with Crippen LogP contribution in [-0.4, -0.2) is 7.42 Å². The summed E-state index contributed by atoms with van der Waals surface area (Å²) in [6.07, 6.45) is 0. The first kappa shape index (κ1) is 9.56. The van der Waals surface area contributed by atoms with Crippen LogP contribution in [-0.2, 0) is 0 Å². The Morgan fingerprint density at radius 3 is 1.40 bits per heavy atom. The quantitative estimate of drug-likeness (QED) is 0.410. The third-order valence-electron chi connectivity index (χ3n) is 0. The molecule has 0 saturated carbocycles. The van der Waals surface area contributed by atoms with Crippen LogP contribution in [0.5, 0.6) is 0 Å². The molecule has 0 fully saturated rings. The van der Waals surface area contributed by atoms with Gasteiger partial charge in [0.2, 0.25) is 7.42 Å². The third kappa shape index (κ3) is 34.8. The predicted octanol–water partition coefficient (Wildman–Crippen LogP) is 1.89. The average Bonchev–Trinajstić information content (AvgIpc) is 0.811. The van der Waals surface area contributed by atoms with Crippen LogP contribution in [0.1, 0.15) is 0 Å². The summed E-state index contributed by atoms with van der Waals surface area (Å²) in [5.74, 6) is 0. The molecule has 0 aromatic rings. The minimum absolute atomic E-state index is 0. The van der Waals surface area contributed by atoms with Crippen LogP contribution in [0.15, 0.2) is 0 Å². The second-order valence-corrected chi connectivity index (χ2v) is 6.15. The second kappa shape index (κ2) is 5.28. The molecular formula is CH5BrCl2Si. The highest BCUT2D eigenvalue weighted by molar-refractivity contribution is 8.93. The van der Waals surface area contributed by atoms with Crippen molar-refractivity contribution in [2.45, 2.75) is 6.55 Å². The van der Waals surface area contributed by atoms with Crippen molar-refractivity contribution in [3.05, 3.63) is 0 Å². The Balaban J connectivity index is 0. The molecule has 0 radical (unpaired) electrons. The number of hydrogen-bond donors (Lipinski definition) is 0. The predicted molar refractivity (Wildman–Crippen MR) is 35.0 cm³/mol. The van der Waals surface area contributed by atoms with Gasteiger partial charge in [-0.3, -0.25) is 0 Å². The summed E-state index contributed by atoms with van der Waals surface area (Å²) < 4.78 is 0. The molecule has 0 aromatic heterocycles. The van der Waals surface area contributed by atoms with Gasteiger partial charge in [-0.25, -0.2) is 0 Å². The van der Waals surface area contributed by atoms with Gasteiger partial charge < -0.3 is 0 Å². The van der Waals surface area contributed by atoms with Crippen LogP contribution >= 0.6 is 39.1 Å². The summed E-state index contributed by atoms with van der Waals surface area (Å²) >= 11 is 10.4. The van der Waals surface area contributed by atoms with Crippen molar-refractivity contribution >= 4 is 46.6 Å². The molecule has 0 amide bonds. The molecule has 0 atom stereocenters. The van der Waals surface area contributed by atoms with Crippen molar-refractivity contribution in [2.75, 3.05) is 0 Å². The van der Waals surface area contributed by atoms with Gasteiger partial charge in [0.1, 0.15) is 0 Å². The van der Waals surface area contributed by atoms with Gasteiger partial charge in [0, 0.05) is 0 Å². The van der Waals surface area contributed by atoms with E-state index in [4.69, 9.17) is 22.2 Å². The first-order chi connectivity index (χ1) is 1.73. The van der Waals surface area contributed by atoms with Crippen LogP contribution in [0.25, 0.3) is 0 Å². The van der Waals surface area contributed by atoms with Gasteiger partial charge >= 0.3 is 0 Å². The van der Waals surface area contributed by atoms with Gasteiger partial charge in [0.25, 0.3) is 0 Å². The fourth-order valence-electron chi connectivity index (χ4n) is 0. The molecule has 0 saturated heterocycles. The first-order valence-electron chi connectivity index (χ1n) is 1.01. The fraction of sp³-hybridized carbons (Fsp3) is 1.00. The Labute approximate surface area is 53.2 Å². The van der Waals surface area contributed by atoms with Gasteiger partial charge in [0.15, 0.2) is 0 Å². The smallest absolute Gasteiger partial charge is 0.151 e. The zero-order chi connectivity index (χ0) is 3.58. The minimum atomic E-state index is -1.19. The summed E-state index contributed by atoms with van der Waals surface area (Å²) in [5, 5.41) is 0. The van der Waals surface area contributed by atoms with E-state index in [2.05, 4.69) is 0 Å². The number of rotatable bonds is 0. The Morgan fingerprint density at radius 2 is 1.40 bits per heavy atom. The molecule has 0 aliphatic rings. The van der Waals surface area contributed by atoms with Gasteiger partial charge in [-0.05, 0) is 6.55 Å². The van der Waals surface area contributed by atoms with E-state index in [9.17, 15) is 0 Å². The highest BCUT2D eigenvalue weighted by atomic mass is 79.9. The Morgan fingerprint density at radius 1 is 1.40 bits per heavy atom. The molecule has 5 heavy (non-hydrogen) atoms. The highest BCUT2D eigenvalue weighted by Gasteiger charge is 1.80. The van der Waals surface area contributed by atoms with E-state index < -0.39 is 7.42 Å². The van der Waals surface area contributed by atoms with E-state index in [0.717, 1.165) is 0 Å². The molecule has 0 N–H and O–H groups in total. The van der Waals surface area contributed by atoms with Crippen molar-refractivity contribution < 1.29 is 0 Å². The molecule has 34 valence electrons. The molecule has 0 rings (SSSR count). The zero-order valence-corrected chi connectivity index (χ0v) is 7.12. The molecule has 0 unspecified atom stereocenters. The maximum absolute atomic E-state index is 5.18. The minimum Gasteiger partial charge on any atom is -0.151 e. The highest BCUT2D eigenvalue weighted by Crippen LogP contribution is 1.89. The lowest BCUT2D eigenvalue weighted by molar-refractivity contribution is 2.34. The summed E-state index contributed by atoms with van der Waals surface area (Å²) in [5.41, 5.74) is 0. The van der Waals surface area contributed by atoms with Crippen LogP contribution in [0.4, 0.5) is 0 Å². The van der Waals surface area contributed by atoms with Crippen LogP contribution in [0.3, 0.4) is 0 Å². The van der Waals surface area contributed by atoms with Crippen LogP contribution in [0, 0.1) is 0 Å². The van der Waals surface area contributed by atoms with E-state index >= 15 is 0 Å². The van der Waals surface area contributed by atoms with Crippen molar-refractivity contribution in [3.8, 4) is 0 Å². The Bertz CT molecular complexity index is 14.4. The van der Waals surface area contributed by atoms with Crippen LogP contribution < -0.4 is 0 Å². The molecule has 0 spiro atoms. The molecule has 0 nitrogen and oxygen atoms in total. The van der Waals surface area contributed by atoms with E-state index in [1.165, 1.54) is 0 Å². The third-order valence-corrected chi connectivity index (χ3v) is 0. The van der Waals surface area contributed by atoms with E-state index in [0.29, 0.717) is 0 Å². The lowest BCUT2D eigenvalue weighted by atomic mass is 11.9. The van der Waals surface area contributed by atoms with Crippen LogP contribution in [0.2, 0.25) is 6.55 Å². The maximum atomic E-state index is 5.18. The SMILES string of the molecule is Br.C[SiH](Cl)Cl. The lowest BCUT2D eigenvalue weighted by Crippen LogP contribution is -1.72. The number of hydrogen-bond acceptors (Lipinski definition) is 0. The van der Waals surface area contributed by atoms with Gasteiger partial charge in [-0.2, -0.15) is 22.2 Å². The van der Waals surface area contributed by atoms with Crippen molar-refractivity contribution in [1.29, 1.82) is 0 Å². The van der Waals surface area contributed by atoms with Crippen molar-refractivity contribution in [3.63, 3.8) is 0 Å². The normalized spacial score (nSPS) is 7.20. The molecule has 0 aromatic carbocycles. The van der Waals surface area contributed by atoms with Gasteiger partial charge in [0.05, 0.1) is 0 Å². The summed E-state index contributed by atoms with van der Waals surface area (Å²) in [6.45, 7) is 1.84. The van der Waals surface area contributed by atoms with Crippen molar-refractivity contribution in [2.24, 2.45) is 0 Å². The molecule has 0 bridgehead atoms. The van der Waals surface area contributed by atoms with E-state index in [1.54, 1.807) is 0 Å². The maximum Gasteiger partial charge on any atom is 0.234 e. The lowest BCUT2D eigenvalue weighted by Gasteiger charge is -1.68. The summed E-state index contributed by atoms with van der Waals surface area (Å²) in [6, 6.07) is 0. The van der Waals surface area contributed by atoms with E-state index in [-0.39, 0.29) is 17.0 Å². The van der Waals surface area contributed by atoms with Crippen molar-refractivity contribution in [1.82, 2.24) is 0 Å². The molecule has 0 heterocycles.